The lowest BCUT2D eigenvalue weighted by Crippen LogP contribution is -2.49. The zero-order chi connectivity index (χ0) is 14.5. The Kier molecular flexibility index (Phi) is 5.70. The van der Waals surface area contributed by atoms with Crippen LogP contribution in [0, 0.1) is 0 Å². The summed E-state index contributed by atoms with van der Waals surface area (Å²) in [6.07, 6.45) is 2.52. The van der Waals surface area contributed by atoms with Crippen LogP contribution in [0.25, 0.3) is 0 Å². The minimum atomic E-state index is -3.96. The summed E-state index contributed by atoms with van der Waals surface area (Å²) in [6.45, 7) is 0.656. The van der Waals surface area contributed by atoms with E-state index in [4.69, 9.17) is 10.2 Å². The second kappa shape index (κ2) is 6.83. The lowest BCUT2D eigenvalue weighted by molar-refractivity contribution is -0.145. The van der Waals surface area contributed by atoms with Crippen LogP contribution in [0.1, 0.15) is 32.1 Å². The van der Waals surface area contributed by atoms with E-state index in [0.29, 0.717) is 13.1 Å². The third-order valence-corrected chi connectivity index (χ3v) is 4.50. The molecular formula is C10H18N2O6S. The summed E-state index contributed by atoms with van der Waals surface area (Å²) >= 11 is 0. The van der Waals surface area contributed by atoms with Gasteiger partial charge in [0.05, 0.1) is 6.42 Å². The molecule has 9 heteroatoms. The summed E-state index contributed by atoms with van der Waals surface area (Å²) in [5.74, 6) is -2.87. The van der Waals surface area contributed by atoms with Crippen LogP contribution in [-0.4, -0.2) is 54.0 Å². The number of rotatable bonds is 6. The second-order valence-electron chi connectivity index (χ2n) is 4.42. The quantitative estimate of drug-likeness (QED) is 0.613. The van der Waals surface area contributed by atoms with E-state index < -0.39 is 34.6 Å². The number of carbonyl (C=O) groups is 2. The van der Waals surface area contributed by atoms with Crippen LogP contribution in [0.2, 0.25) is 0 Å². The average molecular weight is 294 g/mol. The molecule has 0 aromatic carbocycles. The van der Waals surface area contributed by atoms with Crippen molar-refractivity contribution in [1.82, 2.24) is 9.03 Å². The first-order valence-corrected chi connectivity index (χ1v) is 7.49. The van der Waals surface area contributed by atoms with Gasteiger partial charge in [-0.05, 0) is 12.8 Å². The summed E-state index contributed by atoms with van der Waals surface area (Å²) in [6, 6.07) is -1.65. The fourth-order valence-electron chi connectivity index (χ4n) is 1.89. The SMILES string of the molecule is O=C(O)C[C@@H](NS(=O)(=O)N1CCCCCC1)C(=O)O. The van der Waals surface area contributed by atoms with Crippen LogP contribution in [-0.2, 0) is 19.8 Å². The van der Waals surface area contributed by atoms with Crippen molar-refractivity contribution in [2.75, 3.05) is 13.1 Å². The third kappa shape index (κ3) is 5.13. The molecule has 1 aliphatic heterocycles. The van der Waals surface area contributed by atoms with Gasteiger partial charge >= 0.3 is 11.9 Å². The first-order chi connectivity index (χ1) is 8.83. The van der Waals surface area contributed by atoms with Crippen molar-refractivity contribution in [2.45, 2.75) is 38.1 Å². The summed E-state index contributed by atoms with van der Waals surface area (Å²) < 4.78 is 27.1. The summed E-state index contributed by atoms with van der Waals surface area (Å²) in [4.78, 5) is 21.4. The molecular weight excluding hydrogens is 276 g/mol. The number of carboxylic acids is 2. The van der Waals surface area contributed by atoms with E-state index in [0.717, 1.165) is 25.7 Å². The second-order valence-corrected chi connectivity index (χ2v) is 6.13. The molecule has 1 aliphatic rings. The topological polar surface area (TPSA) is 124 Å². The van der Waals surface area contributed by atoms with Gasteiger partial charge in [-0.3, -0.25) is 9.59 Å². The van der Waals surface area contributed by atoms with E-state index in [-0.39, 0.29) is 0 Å². The molecule has 0 spiro atoms. The highest BCUT2D eigenvalue weighted by molar-refractivity contribution is 7.87. The maximum atomic E-state index is 12.0. The highest BCUT2D eigenvalue weighted by Gasteiger charge is 2.30. The number of aliphatic carboxylic acids is 2. The molecule has 0 aromatic heterocycles. The molecule has 1 saturated heterocycles. The van der Waals surface area contributed by atoms with Crippen molar-refractivity contribution in [3.63, 3.8) is 0 Å². The van der Waals surface area contributed by atoms with Crippen LogP contribution >= 0.6 is 0 Å². The third-order valence-electron chi connectivity index (χ3n) is 2.87. The molecule has 0 radical (unpaired) electrons. The number of nitrogens with one attached hydrogen (secondary N) is 1. The first kappa shape index (κ1) is 15.9. The molecule has 110 valence electrons. The predicted octanol–water partition coefficient (Wildman–Crippen LogP) is -0.375. The van der Waals surface area contributed by atoms with Gasteiger partial charge in [-0.15, -0.1) is 0 Å². The molecule has 1 rings (SSSR count). The summed E-state index contributed by atoms with van der Waals surface area (Å²) in [5, 5.41) is 17.4. The average Bonchev–Trinajstić information content (AvgIpc) is 2.55. The van der Waals surface area contributed by atoms with Gasteiger partial charge in [0, 0.05) is 13.1 Å². The molecule has 1 heterocycles. The van der Waals surface area contributed by atoms with E-state index in [1.54, 1.807) is 0 Å². The molecule has 0 aromatic rings. The Morgan fingerprint density at radius 2 is 1.63 bits per heavy atom. The van der Waals surface area contributed by atoms with Crippen molar-refractivity contribution < 1.29 is 28.2 Å². The van der Waals surface area contributed by atoms with E-state index in [1.165, 1.54) is 4.31 Å². The van der Waals surface area contributed by atoms with E-state index in [2.05, 4.69) is 0 Å². The van der Waals surface area contributed by atoms with Crippen LogP contribution < -0.4 is 4.72 Å². The maximum absolute atomic E-state index is 12.0. The molecule has 3 N–H and O–H groups in total. The number of carboxylic acid groups (broad SMARTS) is 2. The first-order valence-electron chi connectivity index (χ1n) is 6.05. The van der Waals surface area contributed by atoms with Gasteiger partial charge in [-0.1, -0.05) is 12.8 Å². The van der Waals surface area contributed by atoms with Crippen molar-refractivity contribution >= 4 is 22.1 Å². The van der Waals surface area contributed by atoms with Gasteiger partial charge in [0.15, 0.2) is 0 Å². The maximum Gasteiger partial charge on any atom is 0.322 e. The molecule has 0 amide bonds. The Morgan fingerprint density at radius 1 is 1.11 bits per heavy atom. The van der Waals surface area contributed by atoms with Crippen molar-refractivity contribution in [3.05, 3.63) is 0 Å². The largest absolute Gasteiger partial charge is 0.481 e. The smallest absolute Gasteiger partial charge is 0.322 e. The standard InChI is InChI=1S/C10H18N2O6S/c13-9(14)7-8(10(15)16)11-19(17,18)12-5-3-1-2-4-6-12/h8,11H,1-7H2,(H,13,14)(H,15,16)/t8-/m1/s1. The lowest BCUT2D eigenvalue weighted by atomic mass is 10.2. The van der Waals surface area contributed by atoms with E-state index in [9.17, 15) is 18.0 Å². The highest BCUT2D eigenvalue weighted by Crippen LogP contribution is 2.13. The monoisotopic (exact) mass is 294 g/mol. The molecule has 0 bridgehead atoms. The Hall–Kier alpha value is -1.19. The van der Waals surface area contributed by atoms with Gasteiger partial charge in [0.2, 0.25) is 0 Å². The van der Waals surface area contributed by atoms with Crippen LogP contribution in [0.5, 0.6) is 0 Å². The lowest BCUT2D eigenvalue weighted by Gasteiger charge is -2.22. The Balaban J connectivity index is 2.74. The van der Waals surface area contributed by atoms with Gasteiger partial charge in [0.1, 0.15) is 6.04 Å². The molecule has 8 nitrogen and oxygen atoms in total. The van der Waals surface area contributed by atoms with Crippen LogP contribution in [0.4, 0.5) is 0 Å². The van der Waals surface area contributed by atoms with Crippen molar-refractivity contribution in [3.8, 4) is 0 Å². The Labute approximate surface area is 111 Å². The van der Waals surface area contributed by atoms with Gasteiger partial charge in [-0.25, -0.2) is 0 Å². The fourth-order valence-corrected chi connectivity index (χ4v) is 3.32. The Bertz CT molecular complexity index is 427. The highest BCUT2D eigenvalue weighted by atomic mass is 32.2. The minimum Gasteiger partial charge on any atom is -0.481 e. The molecule has 0 aliphatic carbocycles. The molecule has 19 heavy (non-hydrogen) atoms. The molecule has 0 unspecified atom stereocenters. The van der Waals surface area contributed by atoms with Gasteiger partial charge in [0.25, 0.3) is 10.2 Å². The van der Waals surface area contributed by atoms with E-state index >= 15 is 0 Å². The van der Waals surface area contributed by atoms with Crippen molar-refractivity contribution in [1.29, 1.82) is 0 Å². The zero-order valence-electron chi connectivity index (χ0n) is 10.4. The normalized spacial score (nSPS) is 19.6. The predicted molar refractivity (Wildman–Crippen MR) is 65.8 cm³/mol. The van der Waals surface area contributed by atoms with Gasteiger partial charge < -0.3 is 10.2 Å². The molecule has 1 atom stereocenters. The fraction of sp³-hybridized carbons (Fsp3) is 0.800. The number of nitrogens with zero attached hydrogens (tertiary/aromatic N) is 1. The van der Waals surface area contributed by atoms with Crippen LogP contribution in [0.15, 0.2) is 0 Å². The zero-order valence-corrected chi connectivity index (χ0v) is 11.2. The van der Waals surface area contributed by atoms with E-state index in [1.807, 2.05) is 4.72 Å². The molecule has 0 saturated carbocycles. The minimum absolute atomic E-state index is 0.328. The van der Waals surface area contributed by atoms with Crippen molar-refractivity contribution in [2.24, 2.45) is 0 Å². The summed E-state index contributed by atoms with van der Waals surface area (Å²) in [5.41, 5.74) is 0. The number of hydrogen-bond donors (Lipinski definition) is 3. The van der Waals surface area contributed by atoms with Gasteiger partial charge in [-0.2, -0.15) is 17.4 Å². The number of hydrogen-bond acceptors (Lipinski definition) is 4. The Morgan fingerprint density at radius 3 is 2.05 bits per heavy atom. The summed E-state index contributed by atoms with van der Waals surface area (Å²) in [7, 11) is -3.96. The van der Waals surface area contributed by atoms with Crippen LogP contribution in [0.3, 0.4) is 0 Å². The molecule has 1 fully saturated rings.